The molecule has 0 aromatic heterocycles. The first-order chi connectivity index (χ1) is 31.2. The minimum atomic E-state index is -1.21. The number of ether oxygens (including phenoxy) is 10. The summed E-state index contributed by atoms with van der Waals surface area (Å²) in [6, 6.07) is 0. The van der Waals surface area contributed by atoms with Crippen molar-refractivity contribution in [3.05, 3.63) is 63.2 Å². The Kier molecular flexibility index (Phi) is 26.6. The molecule has 0 amide bonds. The number of thioether (sulfide) groups is 2. The first kappa shape index (κ1) is 59.4. The van der Waals surface area contributed by atoms with Crippen LogP contribution in [-0.4, -0.2) is 144 Å². The summed E-state index contributed by atoms with van der Waals surface area (Å²) in [6.07, 6.45) is 5.16. The van der Waals surface area contributed by atoms with E-state index >= 15 is 0 Å². The first-order valence-corrected chi connectivity index (χ1v) is 22.6. The maximum atomic E-state index is 12.3. The summed E-state index contributed by atoms with van der Waals surface area (Å²) in [4.78, 5) is 118. The molecule has 0 bridgehead atoms. The smallest absolute Gasteiger partial charge is 0.463 e. The number of Topliss-reactive ketones (excluding diaryl/α,β-unsaturated/α-hetero) is 2. The van der Waals surface area contributed by atoms with Crippen molar-refractivity contribution in [1.82, 2.24) is 0 Å². The average Bonchev–Trinajstić information content (AvgIpc) is 3.96. The summed E-state index contributed by atoms with van der Waals surface area (Å²) in [6.45, 7) is 8.82. The van der Waals surface area contributed by atoms with Gasteiger partial charge in [0.25, 0.3) is 0 Å². The molecule has 2 aliphatic heterocycles. The topological polar surface area (TPSA) is 263 Å². The molecule has 0 N–H and O–H groups in total. The number of hydrogen-bond donors (Lipinski definition) is 0. The fourth-order valence-corrected chi connectivity index (χ4v) is 8.90. The molecule has 2 saturated heterocycles. The molecule has 368 valence electrons. The zero-order chi connectivity index (χ0) is 49.1. The normalized spacial score (nSPS) is 27.0. The molecular formula is C44H54FeO20S2+2. The number of carbonyl (C=O) groups excluding carboxylic acids is 10. The van der Waals surface area contributed by atoms with Gasteiger partial charge < -0.3 is 47.4 Å². The molecule has 0 unspecified atom stereocenters. The summed E-state index contributed by atoms with van der Waals surface area (Å²) in [5, 5.41) is 0. The Hall–Kier alpha value is -3.76. The van der Waals surface area contributed by atoms with Crippen molar-refractivity contribution in [2.75, 3.05) is 24.7 Å². The maximum Gasteiger partial charge on any atom is 2.00 e. The van der Waals surface area contributed by atoms with E-state index in [2.05, 4.69) is 0 Å². The Labute approximate surface area is 409 Å². The third-order valence-electron chi connectivity index (χ3n) is 9.09. The maximum absolute atomic E-state index is 12.3. The molecule has 4 fully saturated rings. The second kappa shape index (κ2) is 30.0. The molecule has 4 aliphatic rings. The van der Waals surface area contributed by atoms with Crippen LogP contribution in [-0.2, 0) is 112 Å². The summed E-state index contributed by atoms with van der Waals surface area (Å²) >= 11 is 2.34. The molecule has 0 aromatic rings. The van der Waals surface area contributed by atoms with Crippen LogP contribution >= 0.6 is 23.5 Å². The Balaban J connectivity index is 0.000000453. The SMILES string of the molecule is CC(=O)OC[C@H]1O[C@@H](SCCC(=O)[C]2[CH][CH][CH][CH]2)[C@H](OC(C)=O)[C@@H](OC(C)=O)[C@@H]1OC(C)=O.CC(=O)OC[C@H]1O[C@@H](SCCC(=O)[C]2[CH][CH][CH][CH]2)[C@H](OC(C)=O)[C@@H](OC(C)=O)[C@@H]1OC(C)=O.[Fe+2]. The van der Waals surface area contributed by atoms with Gasteiger partial charge in [0.2, 0.25) is 0 Å². The zero-order valence-electron chi connectivity index (χ0n) is 38.0. The average molecular weight is 1020 g/mol. The summed E-state index contributed by atoms with van der Waals surface area (Å²) < 4.78 is 54.2. The third-order valence-corrected chi connectivity index (χ3v) is 11.4. The van der Waals surface area contributed by atoms with Crippen molar-refractivity contribution in [1.29, 1.82) is 0 Å². The molecule has 10 radical (unpaired) electrons. The minimum Gasteiger partial charge on any atom is -0.463 e. The van der Waals surface area contributed by atoms with Gasteiger partial charge in [-0.1, -0.05) is 0 Å². The third kappa shape index (κ3) is 20.8. The van der Waals surface area contributed by atoms with Crippen LogP contribution in [0.4, 0.5) is 0 Å². The number of ketones is 2. The number of carbonyl (C=O) groups is 10. The van der Waals surface area contributed by atoms with Crippen LogP contribution in [0.15, 0.2) is 0 Å². The predicted molar refractivity (Wildman–Crippen MR) is 229 cm³/mol. The van der Waals surface area contributed by atoms with E-state index in [1.54, 1.807) is 51.4 Å². The van der Waals surface area contributed by atoms with E-state index in [1.165, 1.54) is 51.2 Å². The quantitative estimate of drug-likeness (QED) is 0.0962. The van der Waals surface area contributed by atoms with Gasteiger partial charge in [0.15, 0.2) is 36.6 Å². The molecule has 67 heavy (non-hydrogen) atoms. The Morgan fingerprint density at radius 3 is 0.955 bits per heavy atom. The van der Waals surface area contributed by atoms with Crippen molar-refractivity contribution in [2.24, 2.45) is 0 Å². The van der Waals surface area contributed by atoms with Crippen molar-refractivity contribution < 1.29 is 112 Å². The van der Waals surface area contributed by atoms with Crippen LogP contribution in [0.5, 0.6) is 0 Å². The summed E-state index contributed by atoms with van der Waals surface area (Å²) in [7, 11) is 0. The van der Waals surface area contributed by atoms with E-state index in [-0.39, 0.29) is 54.7 Å². The zero-order valence-corrected chi connectivity index (χ0v) is 40.7. The molecule has 2 saturated carbocycles. The van der Waals surface area contributed by atoms with Crippen molar-refractivity contribution >= 4 is 82.8 Å². The molecule has 2 aliphatic carbocycles. The number of rotatable bonds is 20. The summed E-state index contributed by atoms with van der Waals surface area (Å²) in [5.74, 6) is -3.66. The van der Waals surface area contributed by atoms with Gasteiger partial charge in [-0.15, -0.1) is 23.5 Å². The molecule has 20 nitrogen and oxygen atoms in total. The molecular weight excluding hydrogens is 968 g/mol. The molecule has 0 aromatic carbocycles. The van der Waals surface area contributed by atoms with E-state index in [0.29, 0.717) is 23.3 Å². The van der Waals surface area contributed by atoms with E-state index in [1.807, 2.05) is 0 Å². The Morgan fingerprint density at radius 2 is 0.687 bits per heavy atom. The Morgan fingerprint density at radius 1 is 0.418 bits per heavy atom. The van der Waals surface area contributed by atoms with Crippen LogP contribution in [0.25, 0.3) is 0 Å². The molecule has 10 atom stereocenters. The van der Waals surface area contributed by atoms with Gasteiger partial charge in [-0.2, -0.15) is 0 Å². The fraction of sp³-hybridized carbons (Fsp3) is 0.545. The van der Waals surface area contributed by atoms with Gasteiger partial charge in [0.05, 0.1) is 0 Å². The van der Waals surface area contributed by atoms with Crippen molar-refractivity contribution in [3.8, 4) is 0 Å². The number of esters is 8. The van der Waals surface area contributed by atoms with Crippen LogP contribution < -0.4 is 0 Å². The molecule has 0 spiro atoms. The van der Waals surface area contributed by atoms with Gasteiger partial charge in [0.1, 0.15) is 47.9 Å². The van der Waals surface area contributed by atoms with E-state index in [9.17, 15) is 47.9 Å². The number of hydrogen-bond acceptors (Lipinski definition) is 22. The molecule has 4 rings (SSSR count). The molecule has 23 heteroatoms. The van der Waals surface area contributed by atoms with Crippen molar-refractivity contribution in [3.63, 3.8) is 0 Å². The summed E-state index contributed by atoms with van der Waals surface area (Å²) in [5.41, 5.74) is -1.78. The standard InChI is InChI=1S/2C22H27O10S.Fe/c2*1-12(23)28-11-18-19(29-13(2)24)20(30-14(3)25)21(31-15(4)26)22(32-18)33-10-9-17(27)16-7-5-6-8-16;/h2*5-8,18-22H,9-11H2,1-4H3;/q;;+2/t2*18-,19-,20+,21-,22+;/m11./s1. The van der Waals surface area contributed by atoms with Gasteiger partial charge >= 0.3 is 64.8 Å². The van der Waals surface area contributed by atoms with Crippen LogP contribution in [0, 0.1) is 63.2 Å². The van der Waals surface area contributed by atoms with Gasteiger partial charge in [0, 0.05) is 91.6 Å². The minimum absolute atomic E-state index is 0. The van der Waals surface area contributed by atoms with Gasteiger partial charge in [-0.3, -0.25) is 47.9 Å². The fourth-order valence-electron chi connectivity index (χ4n) is 6.59. The van der Waals surface area contributed by atoms with Crippen LogP contribution in [0.3, 0.4) is 0 Å². The molecule has 2 heterocycles. The van der Waals surface area contributed by atoms with E-state index in [4.69, 9.17) is 47.4 Å². The van der Waals surface area contributed by atoms with Crippen LogP contribution in [0.1, 0.15) is 68.2 Å². The van der Waals surface area contributed by atoms with Crippen LogP contribution in [0.2, 0.25) is 0 Å². The van der Waals surface area contributed by atoms with Gasteiger partial charge in [-0.25, -0.2) is 0 Å². The van der Waals surface area contributed by atoms with E-state index in [0.717, 1.165) is 27.7 Å². The van der Waals surface area contributed by atoms with Gasteiger partial charge in [-0.05, 0) is 51.4 Å². The van der Waals surface area contributed by atoms with Crippen molar-refractivity contribution in [2.45, 2.75) is 128 Å². The second-order valence-corrected chi connectivity index (χ2v) is 17.0. The second-order valence-electron chi connectivity index (χ2n) is 14.6. The Bertz CT molecular complexity index is 1590. The monoisotopic (exact) mass is 1020 g/mol. The largest absolute Gasteiger partial charge is 2.00 e. The van der Waals surface area contributed by atoms with E-state index < -0.39 is 107 Å². The predicted octanol–water partition coefficient (Wildman–Crippen LogP) is 2.33. The first-order valence-electron chi connectivity index (χ1n) is 20.5.